The van der Waals surface area contributed by atoms with Crippen molar-refractivity contribution < 1.29 is 4.79 Å². The minimum Gasteiger partial charge on any atom is -0.352 e. The first kappa shape index (κ1) is 13.3. The Labute approximate surface area is 93.4 Å². The maximum Gasteiger partial charge on any atom is 0.234 e. The lowest BCUT2D eigenvalue weighted by atomic mass is 10.2. The van der Waals surface area contributed by atoms with Crippen LogP contribution in [0.3, 0.4) is 0 Å². The second-order valence-corrected chi connectivity index (χ2v) is 4.96. The zero-order valence-electron chi connectivity index (χ0n) is 8.47. The first-order valence-electron chi connectivity index (χ1n) is 4.59. The number of hydrogen-bond acceptors (Lipinski definition) is 2. The molecule has 0 heterocycles. The van der Waals surface area contributed by atoms with Gasteiger partial charge in [-0.3, -0.25) is 4.79 Å². The summed E-state index contributed by atoms with van der Waals surface area (Å²) in [6, 6.07) is 0.314. The highest BCUT2D eigenvalue weighted by Crippen LogP contribution is 2.07. The van der Waals surface area contributed by atoms with E-state index in [0.29, 0.717) is 6.04 Å². The summed E-state index contributed by atoms with van der Waals surface area (Å²) in [5.74, 6) is 1.11. The van der Waals surface area contributed by atoms with E-state index in [1.54, 1.807) is 11.8 Å². The van der Waals surface area contributed by atoms with Crippen LogP contribution in [0.15, 0.2) is 0 Å². The maximum absolute atomic E-state index is 11.5. The predicted molar refractivity (Wildman–Crippen MR) is 63.6 cm³/mol. The Morgan fingerprint density at radius 2 is 2.08 bits per heavy atom. The number of rotatable bonds is 6. The molecule has 0 saturated heterocycles. The standard InChI is InChI=1S/C9H18BrNOS/c1-4-7(6-13-3)11-9(12)8(10)5-2/h7-8H,4-6H2,1-3H3,(H,11,12). The van der Waals surface area contributed by atoms with E-state index >= 15 is 0 Å². The van der Waals surface area contributed by atoms with Gasteiger partial charge in [-0.1, -0.05) is 29.8 Å². The number of nitrogens with one attached hydrogen (secondary N) is 1. The molecule has 1 amide bonds. The fraction of sp³-hybridized carbons (Fsp3) is 0.889. The zero-order valence-corrected chi connectivity index (χ0v) is 10.9. The van der Waals surface area contributed by atoms with Gasteiger partial charge in [0, 0.05) is 11.8 Å². The molecule has 0 spiro atoms. The summed E-state index contributed by atoms with van der Waals surface area (Å²) in [5.41, 5.74) is 0. The van der Waals surface area contributed by atoms with Crippen molar-refractivity contribution in [2.24, 2.45) is 0 Å². The van der Waals surface area contributed by atoms with Gasteiger partial charge in [0.25, 0.3) is 0 Å². The molecule has 13 heavy (non-hydrogen) atoms. The summed E-state index contributed by atoms with van der Waals surface area (Å²) in [5, 5.41) is 3.01. The van der Waals surface area contributed by atoms with Crippen LogP contribution < -0.4 is 5.32 Å². The lowest BCUT2D eigenvalue weighted by Crippen LogP contribution is -2.40. The monoisotopic (exact) mass is 267 g/mol. The van der Waals surface area contributed by atoms with Crippen molar-refractivity contribution in [1.29, 1.82) is 0 Å². The molecule has 0 aliphatic heterocycles. The molecule has 0 saturated carbocycles. The Kier molecular flexibility index (Phi) is 7.86. The SMILES string of the molecule is CCC(CSC)NC(=O)C(Br)CC. The van der Waals surface area contributed by atoms with Crippen LogP contribution in [0.5, 0.6) is 0 Å². The molecule has 0 rings (SSSR count). The summed E-state index contributed by atoms with van der Waals surface area (Å²) in [6.45, 7) is 4.09. The van der Waals surface area contributed by atoms with E-state index in [0.717, 1.165) is 18.6 Å². The van der Waals surface area contributed by atoms with E-state index < -0.39 is 0 Å². The van der Waals surface area contributed by atoms with Crippen molar-refractivity contribution >= 4 is 33.6 Å². The number of carbonyl (C=O) groups is 1. The van der Waals surface area contributed by atoms with Crippen LogP contribution in [0, 0.1) is 0 Å². The normalized spacial score (nSPS) is 15.1. The molecular weight excluding hydrogens is 250 g/mol. The van der Waals surface area contributed by atoms with Gasteiger partial charge >= 0.3 is 0 Å². The van der Waals surface area contributed by atoms with Gasteiger partial charge < -0.3 is 5.32 Å². The molecule has 0 aliphatic carbocycles. The minimum absolute atomic E-state index is 0.0385. The molecule has 0 bridgehead atoms. The molecule has 2 atom stereocenters. The first-order valence-corrected chi connectivity index (χ1v) is 6.90. The van der Waals surface area contributed by atoms with Crippen molar-refractivity contribution in [1.82, 2.24) is 5.32 Å². The summed E-state index contributed by atoms with van der Waals surface area (Å²) in [4.78, 5) is 11.4. The van der Waals surface area contributed by atoms with Gasteiger partial charge in [-0.05, 0) is 19.1 Å². The van der Waals surface area contributed by atoms with Crippen LogP contribution in [0.4, 0.5) is 0 Å². The van der Waals surface area contributed by atoms with Gasteiger partial charge in [0.2, 0.25) is 5.91 Å². The van der Waals surface area contributed by atoms with E-state index in [4.69, 9.17) is 0 Å². The van der Waals surface area contributed by atoms with E-state index in [1.807, 2.05) is 6.92 Å². The third-order valence-electron chi connectivity index (χ3n) is 1.85. The fourth-order valence-electron chi connectivity index (χ4n) is 0.940. The number of carbonyl (C=O) groups excluding carboxylic acids is 1. The second kappa shape index (κ2) is 7.68. The molecular formula is C9H18BrNOS. The van der Waals surface area contributed by atoms with Crippen LogP contribution in [0.25, 0.3) is 0 Å². The number of halogens is 1. The quantitative estimate of drug-likeness (QED) is 0.749. The van der Waals surface area contributed by atoms with Crippen molar-refractivity contribution in [3.8, 4) is 0 Å². The van der Waals surface area contributed by atoms with Crippen molar-refractivity contribution in [3.05, 3.63) is 0 Å². The van der Waals surface area contributed by atoms with Crippen LogP contribution in [0.2, 0.25) is 0 Å². The molecule has 78 valence electrons. The number of hydrogen-bond donors (Lipinski definition) is 1. The molecule has 0 aromatic heterocycles. The van der Waals surface area contributed by atoms with Gasteiger partial charge in [0.1, 0.15) is 0 Å². The van der Waals surface area contributed by atoms with E-state index in [2.05, 4.69) is 34.4 Å². The lowest BCUT2D eigenvalue weighted by molar-refractivity contribution is -0.121. The molecule has 0 radical (unpaired) electrons. The van der Waals surface area contributed by atoms with Gasteiger partial charge in [0.05, 0.1) is 4.83 Å². The Bertz CT molecular complexity index is 155. The fourth-order valence-corrected chi connectivity index (χ4v) is 1.79. The highest BCUT2D eigenvalue weighted by atomic mass is 79.9. The van der Waals surface area contributed by atoms with Crippen molar-refractivity contribution in [2.75, 3.05) is 12.0 Å². The van der Waals surface area contributed by atoms with Crippen LogP contribution in [0.1, 0.15) is 26.7 Å². The molecule has 2 nitrogen and oxygen atoms in total. The minimum atomic E-state index is -0.0385. The van der Waals surface area contributed by atoms with Gasteiger partial charge in [-0.2, -0.15) is 11.8 Å². The molecule has 2 unspecified atom stereocenters. The van der Waals surface area contributed by atoms with Crippen LogP contribution >= 0.6 is 27.7 Å². The highest BCUT2D eigenvalue weighted by Gasteiger charge is 2.15. The van der Waals surface area contributed by atoms with Gasteiger partial charge in [0.15, 0.2) is 0 Å². The Morgan fingerprint density at radius 1 is 1.46 bits per heavy atom. The highest BCUT2D eigenvalue weighted by molar-refractivity contribution is 9.10. The van der Waals surface area contributed by atoms with Crippen LogP contribution in [-0.4, -0.2) is 28.8 Å². The van der Waals surface area contributed by atoms with Crippen molar-refractivity contribution in [3.63, 3.8) is 0 Å². The van der Waals surface area contributed by atoms with E-state index in [9.17, 15) is 4.79 Å². The molecule has 0 aromatic rings. The zero-order chi connectivity index (χ0) is 10.3. The molecule has 0 fully saturated rings. The molecule has 0 aliphatic rings. The maximum atomic E-state index is 11.5. The summed E-state index contributed by atoms with van der Waals surface area (Å²) in [6.07, 6.45) is 3.89. The van der Waals surface area contributed by atoms with Gasteiger partial charge in [-0.25, -0.2) is 0 Å². The third kappa shape index (κ3) is 5.57. The second-order valence-electron chi connectivity index (χ2n) is 2.94. The predicted octanol–water partition coefficient (Wildman–Crippen LogP) is 2.42. The average molecular weight is 268 g/mol. The van der Waals surface area contributed by atoms with Crippen molar-refractivity contribution in [2.45, 2.75) is 37.6 Å². The Balaban J connectivity index is 3.85. The van der Waals surface area contributed by atoms with Crippen LogP contribution in [-0.2, 0) is 4.79 Å². The Morgan fingerprint density at radius 3 is 2.46 bits per heavy atom. The first-order chi connectivity index (χ1) is 6.15. The van der Waals surface area contributed by atoms with E-state index in [-0.39, 0.29) is 10.7 Å². The molecule has 4 heteroatoms. The summed E-state index contributed by atoms with van der Waals surface area (Å²) in [7, 11) is 0. The number of amides is 1. The molecule has 0 aromatic carbocycles. The largest absolute Gasteiger partial charge is 0.352 e. The lowest BCUT2D eigenvalue weighted by Gasteiger charge is -2.17. The van der Waals surface area contributed by atoms with Gasteiger partial charge in [-0.15, -0.1) is 0 Å². The number of alkyl halides is 1. The van der Waals surface area contributed by atoms with E-state index in [1.165, 1.54) is 0 Å². The Hall–Kier alpha value is 0.300. The summed E-state index contributed by atoms with van der Waals surface area (Å²) >= 11 is 5.10. The molecule has 1 N–H and O–H groups in total. The topological polar surface area (TPSA) is 29.1 Å². The number of thioether (sulfide) groups is 1. The smallest absolute Gasteiger partial charge is 0.234 e. The summed E-state index contributed by atoms with van der Waals surface area (Å²) < 4.78 is 0. The average Bonchev–Trinajstić information content (AvgIpc) is 2.15. The third-order valence-corrected chi connectivity index (χ3v) is 3.65.